The van der Waals surface area contributed by atoms with Gasteiger partial charge in [-0.3, -0.25) is 9.78 Å². The van der Waals surface area contributed by atoms with Crippen molar-refractivity contribution >= 4 is 12.3 Å². The van der Waals surface area contributed by atoms with Gasteiger partial charge in [0.1, 0.15) is 6.29 Å². The fourth-order valence-electron chi connectivity index (χ4n) is 4.49. The molecule has 0 aliphatic heterocycles. The minimum absolute atomic E-state index is 0.0880. The summed E-state index contributed by atoms with van der Waals surface area (Å²) in [6, 6.07) is 27.3. The Morgan fingerprint density at radius 1 is 0.882 bits per heavy atom. The summed E-state index contributed by atoms with van der Waals surface area (Å²) < 4.78 is 0. The lowest BCUT2D eigenvalue weighted by molar-refractivity contribution is 0.0696. The number of hydrogen-bond acceptors (Lipinski definition) is 3. The minimum Gasteiger partial charge on any atom is -0.478 e. The number of aryl methyl sites for hydroxylation is 3. The molecular weight excluding hydrogens is 422 g/mol. The zero-order chi connectivity index (χ0) is 24.1. The van der Waals surface area contributed by atoms with Crippen molar-refractivity contribution in [3.8, 4) is 11.1 Å². The van der Waals surface area contributed by atoms with E-state index in [4.69, 9.17) is 5.11 Å². The Bertz CT molecular complexity index is 1290. The molecule has 0 radical (unpaired) electrons. The molecule has 0 aliphatic rings. The number of carbonyl (C=O) groups excluding carboxylic acids is 1. The molecule has 0 saturated heterocycles. The Balaban J connectivity index is 1.57. The molecule has 3 aromatic carbocycles. The Kier molecular flexibility index (Phi) is 6.98. The first-order valence-corrected chi connectivity index (χ1v) is 11.4. The van der Waals surface area contributed by atoms with Gasteiger partial charge in [-0.05, 0) is 78.8 Å². The molecule has 34 heavy (non-hydrogen) atoms. The monoisotopic (exact) mass is 449 g/mol. The van der Waals surface area contributed by atoms with E-state index in [0.29, 0.717) is 0 Å². The van der Waals surface area contributed by atoms with Crippen molar-refractivity contribution in [1.82, 2.24) is 4.98 Å². The topological polar surface area (TPSA) is 67.3 Å². The lowest BCUT2D eigenvalue weighted by Gasteiger charge is -2.21. The standard InChI is InChI=1S/C30H27NO3/c1-20-17-27(18-21(2)31-20)29(28-6-4-3-5-26(28)19-32)16-9-22-7-10-23(11-8-22)24-12-14-25(15-13-24)30(33)34/h3-8,10-15,17-19,29H,9,16H2,1-2H3,(H,33,34)/t29-/m1/s1. The lowest BCUT2D eigenvalue weighted by atomic mass is 9.84. The lowest BCUT2D eigenvalue weighted by Crippen LogP contribution is -2.08. The molecule has 170 valence electrons. The van der Waals surface area contributed by atoms with Gasteiger partial charge in [0.2, 0.25) is 0 Å². The van der Waals surface area contributed by atoms with E-state index >= 15 is 0 Å². The van der Waals surface area contributed by atoms with E-state index < -0.39 is 5.97 Å². The first-order valence-electron chi connectivity index (χ1n) is 11.4. The summed E-state index contributed by atoms with van der Waals surface area (Å²) in [5.41, 5.74) is 8.40. The van der Waals surface area contributed by atoms with Crippen LogP contribution in [0.4, 0.5) is 0 Å². The SMILES string of the molecule is Cc1cc([C@@H](CCc2ccc(-c3ccc(C(=O)O)cc3)cc2)c2ccccc2C=O)cc(C)n1. The molecule has 4 rings (SSSR count). The average molecular weight is 450 g/mol. The molecule has 0 amide bonds. The van der Waals surface area contributed by atoms with Gasteiger partial charge in [0.05, 0.1) is 5.56 Å². The van der Waals surface area contributed by atoms with Gasteiger partial charge in [0, 0.05) is 22.9 Å². The zero-order valence-electron chi connectivity index (χ0n) is 19.4. The summed E-state index contributed by atoms with van der Waals surface area (Å²) in [6.45, 7) is 4.00. The van der Waals surface area contributed by atoms with Crippen LogP contribution in [0.5, 0.6) is 0 Å². The van der Waals surface area contributed by atoms with E-state index in [1.807, 2.05) is 50.2 Å². The van der Waals surface area contributed by atoms with Crippen LogP contribution in [0.25, 0.3) is 11.1 Å². The smallest absolute Gasteiger partial charge is 0.335 e. The number of rotatable bonds is 8. The predicted molar refractivity (Wildman–Crippen MR) is 135 cm³/mol. The number of aromatic nitrogens is 1. The number of nitrogens with zero attached hydrogens (tertiary/aromatic N) is 1. The van der Waals surface area contributed by atoms with E-state index in [1.54, 1.807) is 12.1 Å². The maximum Gasteiger partial charge on any atom is 0.335 e. The van der Waals surface area contributed by atoms with Gasteiger partial charge in [0.15, 0.2) is 0 Å². The molecule has 1 aromatic heterocycles. The van der Waals surface area contributed by atoms with Gasteiger partial charge in [-0.1, -0.05) is 60.7 Å². The Morgan fingerprint density at radius 3 is 2.06 bits per heavy atom. The normalized spacial score (nSPS) is 11.7. The van der Waals surface area contributed by atoms with Crippen molar-refractivity contribution in [3.63, 3.8) is 0 Å². The summed E-state index contributed by atoms with van der Waals surface area (Å²) >= 11 is 0. The number of carboxylic acids is 1. The number of carboxylic acid groups (broad SMARTS) is 1. The number of pyridine rings is 1. The third-order valence-corrected chi connectivity index (χ3v) is 6.15. The summed E-state index contributed by atoms with van der Waals surface area (Å²) in [4.78, 5) is 27.4. The van der Waals surface area contributed by atoms with Crippen molar-refractivity contribution in [1.29, 1.82) is 0 Å². The highest BCUT2D eigenvalue weighted by Gasteiger charge is 2.18. The van der Waals surface area contributed by atoms with Crippen molar-refractivity contribution in [2.24, 2.45) is 0 Å². The van der Waals surface area contributed by atoms with Crippen molar-refractivity contribution in [2.75, 3.05) is 0 Å². The van der Waals surface area contributed by atoms with Crippen LogP contribution in [0.1, 0.15) is 61.1 Å². The Morgan fingerprint density at radius 2 is 1.47 bits per heavy atom. The van der Waals surface area contributed by atoms with E-state index in [-0.39, 0.29) is 11.5 Å². The Hall–Kier alpha value is -4.05. The minimum atomic E-state index is -0.924. The number of carbonyl (C=O) groups is 2. The van der Waals surface area contributed by atoms with Crippen LogP contribution in [-0.4, -0.2) is 22.3 Å². The molecule has 0 bridgehead atoms. The number of aromatic carboxylic acids is 1. The zero-order valence-corrected chi connectivity index (χ0v) is 19.4. The van der Waals surface area contributed by atoms with Crippen molar-refractivity contribution < 1.29 is 14.7 Å². The highest BCUT2D eigenvalue weighted by atomic mass is 16.4. The molecule has 0 saturated carbocycles. The fourth-order valence-corrected chi connectivity index (χ4v) is 4.49. The maximum absolute atomic E-state index is 11.8. The second kappa shape index (κ2) is 10.3. The van der Waals surface area contributed by atoms with E-state index in [1.165, 1.54) is 11.1 Å². The van der Waals surface area contributed by atoms with Crippen LogP contribution < -0.4 is 0 Å². The molecule has 0 aliphatic carbocycles. The molecule has 0 spiro atoms. The molecular formula is C30H27NO3. The first kappa shape index (κ1) is 23.1. The molecule has 4 nitrogen and oxygen atoms in total. The van der Waals surface area contributed by atoms with Crippen LogP contribution in [0.15, 0.2) is 84.9 Å². The van der Waals surface area contributed by atoms with Gasteiger partial charge in [0.25, 0.3) is 0 Å². The van der Waals surface area contributed by atoms with E-state index in [2.05, 4.69) is 41.4 Å². The molecule has 4 aromatic rings. The summed E-state index contributed by atoms with van der Waals surface area (Å²) in [5, 5.41) is 9.09. The largest absolute Gasteiger partial charge is 0.478 e. The molecule has 1 N–H and O–H groups in total. The molecule has 4 heteroatoms. The third-order valence-electron chi connectivity index (χ3n) is 6.15. The molecule has 1 heterocycles. The van der Waals surface area contributed by atoms with E-state index in [0.717, 1.165) is 52.8 Å². The number of hydrogen-bond donors (Lipinski definition) is 1. The first-order chi connectivity index (χ1) is 16.4. The highest BCUT2D eigenvalue weighted by Crippen LogP contribution is 2.32. The average Bonchev–Trinajstić information content (AvgIpc) is 2.84. The van der Waals surface area contributed by atoms with Gasteiger partial charge in [-0.2, -0.15) is 0 Å². The summed E-state index contributed by atoms with van der Waals surface area (Å²) in [5.74, 6) is -0.836. The van der Waals surface area contributed by atoms with Crippen LogP contribution in [0.2, 0.25) is 0 Å². The number of benzene rings is 3. The van der Waals surface area contributed by atoms with Gasteiger partial charge in [-0.25, -0.2) is 4.79 Å². The second-order valence-corrected chi connectivity index (χ2v) is 8.60. The molecule has 1 atom stereocenters. The molecule has 0 unspecified atom stereocenters. The van der Waals surface area contributed by atoms with Gasteiger partial charge in [-0.15, -0.1) is 0 Å². The second-order valence-electron chi connectivity index (χ2n) is 8.60. The van der Waals surface area contributed by atoms with Crippen LogP contribution >= 0.6 is 0 Å². The predicted octanol–water partition coefficient (Wildman–Crippen LogP) is 6.64. The summed E-state index contributed by atoms with van der Waals surface area (Å²) in [7, 11) is 0. The maximum atomic E-state index is 11.8. The number of aldehydes is 1. The van der Waals surface area contributed by atoms with Crippen LogP contribution in [0.3, 0.4) is 0 Å². The quantitative estimate of drug-likeness (QED) is 0.306. The Labute approximate surface area is 199 Å². The highest BCUT2D eigenvalue weighted by molar-refractivity contribution is 5.88. The van der Waals surface area contributed by atoms with Crippen LogP contribution in [-0.2, 0) is 6.42 Å². The van der Waals surface area contributed by atoms with Crippen molar-refractivity contribution in [3.05, 3.63) is 124 Å². The van der Waals surface area contributed by atoms with Gasteiger partial charge < -0.3 is 5.11 Å². The van der Waals surface area contributed by atoms with Gasteiger partial charge >= 0.3 is 5.97 Å². The fraction of sp³-hybridized carbons (Fsp3) is 0.167. The van der Waals surface area contributed by atoms with E-state index in [9.17, 15) is 9.59 Å². The summed E-state index contributed by atoms with van der Waals surface area (Å²) in [6.07, 6.45) is 2.66. The van der Waals surface area contributed by atoms with Crippen LogP contribution in [0, 0.1) is 13.8 Å². The molecule has 0 fully saturated rings. The third kappa shape index (κ3) is 5.29. The van der Waals surface area contributed by atoms with Crippen molar-refractivity contribution in [2.45, 2.75) is 32.6 Å².